The number of rotatable bonds is 7. The number of oxazole rings is 1. The summed E-state index contributed by atoms with van der Waals surface area (Å²) in [6, 6.07) is 13.6. The molecule has 1 atom stereocenters. The smallest absolute Gasteiger partial charge is 0.274 e. The molecule has 150 valence electrons. The maximum absolute atomic E-state index is 12.2. The van der Waals surface area contributed by atoms with Crippen molar-refractivity contribution in [1.29, 1.82) is 0 Å². The van der Waals surface area contributed by atoms with Gasteiger partial charge in [0.1, 0.15) is 6.54 Å². The molecule has 0 amide bonds. The van der Waals surface area contributed by atoms with Crippen molar-refractivity contribution in [3.63, 3.8) is 0 Å². The van der Waals surface area contributed by atoms with Gasteiger partial charge in [-0.3, -0.25) is 4.57 Å². The molecule has 5 nitrogen and oxygen atoms in total. The Hall–Kier alpha value is -1.96. The molecule has 0 aliphatic heterocycles. The van der Waals surface area contributed by atoms with Crippen molar-refractivity contribution in [1.82, 2.24) is 4.57 Å². The molecule has 0 aliphatic carbocycles. The summed E-state index contributed by atoms with van der Waals surface area (Å²) in [7, 11) is -1.19. The van der Waals surface area contributed by atoms with Crippen molar-refractivity contribution < 1.29 is 17.7 Å². The average molecular weight is 420 g/mol. The van der Waals surface area contributed by atoms with Gasteiger partial charge in [0.25, 0.3) is 4.84 Å². The summed E-state index contributed by atoms with van der Waals surface area (Å²) in [5, 5.41) is 0. The van der Waals surface area contributed by atoms with Gasteiger partial charge in [0.15, 0.2) is 22.1 Å². The average Bonchev–Trinajstić information content (AvgIpc) is 2.96. The number of fused-ring (bicyclic) bond motifs is 1. The third-order valence-corrected chi connectivity index (χ3v) is 6.99. The second kappa shape index (κ2) is 8.19. The normalized spacial score (nSPS) is 13.3. The zero-order chi connectivity index (χ0) is 20.5. The highest BCUT2D eigenvalue weighted by Crippen LogP contribution is 2.22. The van der Waals surface area contributed by atoms with Crippen LogP contribution in [0.5, 0.6) is 0 Å². The molecule has 0 aliphatic rings. The topological polar surface area (TPSA) is 56.6 Å². The standard InChI is InChI=1S/C21H26N2O3S2/c1-5-28(24,25)18-10-11-20-19(12-18)23(21(27)26-20)14-22(4)13-16-6-8-17(9-7-16)15(2)3/h6-12,15H,5,13-14H2,1-4H3/p+1. The van der Waals surface area contributed by atoms with Crippen LogP contribution in [0.3, 0.4) is 0 Å². The van der Waals surface area contributed by atoms with Crippen LogP contribution in [-0.2, 0) is 23.1 Å². The van der Waals surface area contributed by atoms with E-state index in [4.69, 9.17) is 16.6 Å². The van der Waals surface area contributed by atoms with Crippen molar-refractivity contribution in [3.05, 3.63) is 58.4 Å². The summed E-state index contributed by atoms with van der Waals surface area (Å²) in [5.74, 6) is 0.581. The number of sulfone groups is 1. The van der Waals surface area contributed by atoms with Gasteiger partial charge in [-0.2, -0.15) is 0 Å². The lowest BCUT2D eigenvalue weighted by Crippen LogP contribution is -3.06. The van der Waals surface area contributed by atoms with Gasteiger partial charge >= 0.3 is 0 Å². The number of nitrogens with one attached hydrogen (secondary N) is 1. The Morgan fingerprint density at radius 1 is 1.14 bits per heavy atom. The highest BCUT2D eigenvalue weighted by Gasteiger charge is 2.17. The molecule has 0 bridgehead atoms. The van der Waals surface area contributed by atoms with Gasteiger partial charge in [-0.15, -0.1) is 0 Å². The van der Waals surface area contributed by atoms with E-state index in [1.54, 1.807) is 25.1 Å². The molecule has 7 heteroatoms. The molecule has 28 heavy (non-hydrogen) atoms. The summed E-state index contributed by atoms with van der Waals surface area (Å²) in [6.45, 7) is 7.44. The second-order valence-corrected chi connectivity index (χ2v) is 10.1. The van der Waals surface area contributed by atoms with Crippen LogP contribution in [-0.4, -0.2) is 25.8 Å². The summed E-state index contributed by atoms with van der Waals surface area (Å²) < 4.78 is 32.0. The number of benzene rings is 2. The van der Waals surface area contributed by atoms with E-state index in [2.05, 4.69) is 45.2 Å². The van der Waals surface area contributed by atoms with E-state index < -0.39 is 9.84 Å². The van der Waals surface area contributed by atoms with Crippen LogP contribution in [0, 0.1) is 4.84 Å². The second-order valence-electron chi connectivity index (χ2n) is 7.52. The Bertz CT molecular complexity index is 1130. The van der Waals surface area contributed by atoms with E-state index in [-0.39, 0.29) is 5.75 Å². The van der Waals surface area contributed by atoms with Crippen molar-refractivity contribution >= 4 is 33.2 Å². The molecule has 0 radical (unpaired) electrons. The summed E-state index contributed by atoms with van der Waals surface area (Å²) in [6.07, 6.45) is 0. The summed E-state index contributed by atoms with van der Waals surface area (Å²) >= 11 is 5.38. The van der Waals surface area contributed by atoms with Crippen LogP contribution in [0.1, 0.15) is 37.8 Å². The number of hydrogen-bond donors (Lipinski definition) is 1. The molecular formula is C21H27N2O3S2+. The van der Waals surface area contributed by atoms with Crippen molar-refractivity contribution in [2.24, 2.45) is 0 Å². The molecule has 3 rings (SSSR count). The van der Waals surface area contributed by atoms with Gasteiger partial charge in [-0.25, -0.2) is 8.42 Å². The fraction of sp³-hybridized carbons (Fsp3) is 0.381. The van der Waals surface area contributed by atoms with Crippen LogP contribution in [0.15, 0.2) is 51.8 Å². The molecular weight excluding hydrogens is 392 g/mol. The predicted octanol–water partition coefficient (Wildman–Crippen LogP) is 3.55. The maximum Gasteiger partial charge on any atom is 0.274 e. The number of aromatic nitrogens is 1. The summed E-state index contributed by atoms with van der Waals surface area (Å²) in [5.41, 5.74) is 3.90. The highest BCUT2D eigenvalue weighted by molar-refractivity contribution is 7.91. The lowest BCUT2D eigenvalue weighted by atomic mass is 10.0. The minimum atomic E-state index is -3.28. The van der Waals surface area contributed by atoms with Gasteiger partial charge in [-0.05, 0) is 41.9 Å². The van der Waals surface area contributed by atoms with E-state index in [0.29, 0.717) is 33.4 Å². The molecule has 1 heterocycles. The molecule has 0 spiro atoms. The quantitative estimate of drug-likeness (QED) is 0.595. The molecule has 0 saturated carbocycles. The SMILES string of the molecule is CCS(=O)(=O)c1ccc2oc(=S)n(C[NH+](C)Cc3ccc(C(C)C)cc3)c2c1. The van der Waals surface area contributed by atoms with E-state index in [1.165, 1.54) is 16.0 Å². The first kappa shape index (κ1) is 20.8. The number of quaternary nitrogens is 1. The number of nitrogens with zero attached hydrogens (tertiary/aromatic N) is 1. The molecule has 3 aromatic rings. The largest absolute Gasteiger partial charge is 0.429 e. The first-order chi connectivity index (χ1) is 13.2. The van der Waals surface area contributed by atoms with Gasteiger partial charge < -0.3 is 9.32 Å². The van der Waals surface area contributed by atoms with Crippen molar-refractivity contribution in [3.8, 4) is 0 Å². The van der Waals surface area contributed by atoms with Crippen molar-refractivity contribution in [2.45, 2.75) is 44.8 Å². The van der Waals surface area contributed by atoms with Gasteiger partial charge in [0.05, 0.1) is 23.2 Å². The van der Waals surface area contributed by atoms with Crippen LogP contribution in [0.25, 0.3) is 11.1 Å². The van der Waals surface area contributed by atoms with Gasteiger partial charge in [0.2, 0.25) is 0 Å². The molecule has 0 fully saturated rings. The Labute approximate surface area is 171 Å². The van der Waals surface area contributed by atoms with E-state index in [1.807, 2.05) is 4.57 Å². The maximum atomic E-state index is 12.2. The first-order valence-corrected chi connectivity index (χ1v) is 11.5. The highest BCUT2D eigenvalue weighted by atomic mass is 32.2. The van der Waals surface area contributed by atoms with Gasteiger partial charge in [0, 0.05) is 5.56 Å². The first-order valence-electron chi connectivity index (χ1n) is 9.47. The minimum absolute atomic E-state index is 0.0641. The molecule has 2 aromatic carbocycles. The molecule has 1 N–H and O–H groups in total. The van der Waals surface area contributed by atoms with Crippen LogP contribution in [0.2, 0.25) is 0 Å². The molecule has 1 unspecified atom stereocenters. The predicted molar refractivity (Wildman–Crippen MR) is 114 cm³/mol. The zero-order valence-electron chi connectivity index (χ0n) is 16.7. The fourth-order valence-corrected chi connectivity index (χ4v) is 4.40. The third kappa shape index (κ3) is 4.37. The Morgan fingerprint density at radius 2 is 1.82 bits per heavy atom. The monoisotopic (exact) mass is 419 g/mol. The Kier molecular flexibility index (Phi) is 6.07. The van der Waals surface area contributed by atoms with Crippen LogP contribution in [0.4, 0.5) is 0 Å². The van der Waals surface area contributed by atoms with E-state index in [9.17, 15) is 8.42 Å². The Balaban J connectivity index is 1.85. The van der Waals surface area contributed by atoms with Crippen molar-refractivity contribution in [2.75, 3.05) is 12.8 Å². The van der Waals surface area contributed by atoms with E-state index in [0.717, 1.165) is 6.54 Å². The van der Waals surface area contributed by atoms with E-state index >= 15 is 0 Å². The lowest BCUT2D eigenvalue weighted by molar-refractivity contribution is -0.916. The molecule has 0 saturated heterocycles. The van der Waals surface area contributed by atoms with Gasteiger partial charge in [-0.1, -0.05) is 45.0 Å². The summed E-state index contributed by atoms with van der Waals surface area (Å²) in [4.78, 5) is 1.88. The van der Waals surface area contributed by atoms with Crippen LogP contribution < -0.4 is 4.90 Å². The number of hydrogen-bond acceptors (Lipinski definition) is 4. The Morgan fingerprint density at radius 3 is 2.43 bits per heavy atom. The van der Waals surface area contributed by atoms with Crippen LogP contribution >= 0.6 is 12.2 Å². The molecule has 1 aromatic heterocycles. The third-order valence-electron chi connectivity index (χ3n) is 4.96. The lowest BCUT2D eigenvalue weighted by Gasteiger charge is -2.15. The minimum Gasteiger partial charge on any atom is -0.429 e. The fourth-order valence-electron chi connectivity index (χ4n) is 3.25. The zero-order valence-corrected chi connectivity index (χ0v) is 18.4.